The van der Waals surface area contributed by atoms with E-state index in [1.165, 1.54) is 31.4 Å². The first kappa shape index (κ1) is 12.4. The molecule has 0 amide bonds. The second-order valence-electron chi connectivity index (χ2n) is 5.44. The van der Waals surface area contributed by atoms with Gasteiger partial charge in [-0.3, -0.25) is 0 Å². The number of nitrogens with one attached hydrogen (secondary N) is 1. The molecule has 2 rings (SSSR count). The molecule has 1 fully saturated rings. The molecule has 0 bridgehead atoms. The topological polar surface area (TPSA) is 21.3 Å². The van der Waals surface area contributed by atoms with E-state index in [2.05, 4.69) is 24.4 Å². The molecule has 1 aromatic carbocycles. The standard InChI is InChI=1S/C15H23NO/c1-15(9-3-10-15)12-16-11-8-13-4-6-14(17-2)7-5-13/h4-7,16H,3,8-12H2,1-2H3. The molecule has 0 radical (unpaired) electrons. The highest BCUT2D eigenvalue weighted by atomic mass is 16.5. The number of hydrogen-bond acceptors (Lipinski definition) is 2. The Kier molecular flexibility index (Phi) is 4.06. The SMILES string of the molecule is COc1ccc(CCNCC2(C)CCC2)cc1. The summed E-state index contributed by atoms with van der Waals surface area (Å²) in [4.78, 5) is 0. The molecular formula is C15H23NO. The fraction of sp³-hybridized carbons (Fsp3) is 0.600. The van der Waals surface area contributed by atoms with E-state index >= 15 is 0 Å². The average Bonchev–Trinajstić information content (AvgIpc) is 2.33. The van der Waals surface area contributed by atoms with Crippen LogP contribution in [-0.4, -0.2) is 20.2 Å². The molecule has 2 heteroatoms. The largest absolute Gasteiger partial charge is 0.497 e. The Morgan fingerprint density at radius 2 is 1.94 bits per heavy atom. The molecule has 1 saturated carbocycles. The zero-order valence-corrected chi connectivity index (χ0v) is 11.0. The van der Waals surface area contributed by atoms with E-state index in [9.17, 15) is 0 Å². The van der Waals surface area contributed by atoms with E-state index in [0.29, 0.717) is 5.41 Å². The van der Waals surface area contributed by atoms with Crippen molar-refractivity contribution >= 4 is 0 Å². The first-order valence-electron chi connectivity index (χ1n) is 6.56. The van der Waals surface area contributed by atoms with Crippen LogP contribution in [0.4, 0.5) is 0 Å². The van der Waals surface area contributed by atoms with E-state index in [4.69, 9.17) is 4.74 Å². The first-order chi connectivity index (χ1) is 8.22. The predicted molar refractivity (Wildman–Crippen MR) is 71.5 cm³/mol. The van der Waals surface area contributed by atoms with Crippen molar-refractivity contribution in [1.82, 2.24) is 5.32 Å². The summed E-state index contributed by atoms with van der Waals surface area (Å²) >= 11 is 0. The fourth-order valence-corrected chi connectivity index (χ4v) is 2.37. The van der Waals surface area contributed by atoms with Crippen LogP contribution < -0.4 is 10.1 Å². The lowest BCUT2D eigenvalue weighted by Gasteiger charge is -2.38. The van der Waals surface area contributed by atoms with Gasteiger partial charge in [0.2, 0.25) is 0 Å². The molecule has 2 nitrogen and oxygen atoms in total. The Hall–Kier alpha value is -1.02. The summed E-state index contributed by atoms with van der Waals surface area (Å²) in [7, 11) is 1.70. The van der Waals surface area contributed by atoms with Crippen molar-refractivity contribution in [2.45, 2.75) is 32.6 Å². The summed E-state index contributed by atoms with van der Waals surface area (Å²) in [6.07, 6.45) is 5.29. The molecule has 1 N–H and O–H groups in total. The summed E-state index contributed by atoms with van der Waals surface area (Å²) in [6.45, 7) is 4.63. The molecule has 0 atom stereocenters. The summed E-state index contributed by atoms with van der Waals surface area (Å²) in [6, 6.07) is 8.35. The van der Waals surface area contributed by atoms with Crippen molar-refractivity contribution in [2.24, 2.45) is 5.41 Å². The molecule has 0 heterocycles. The highest BCUT2D eigenvalue weighted by Crippen LogP contribution is 2.39. The lowest BCUT2D eigenvalue weighted by atomic mass is 9.70. The minimum absolute atomic E-state index is 0.583. The fourth-order valence-electron chi connectivity index (χ4n) is 2.37. The maximum absolute atomic E-state index is 5.15. The van der Waals surface area contributed by atoms with Gasteiger partial charge < -0.3 is 10.1 Å². The Morgan fingerprint density at radius 1 is 1.24 bits per heavy atom. The van der Waals surface area contributed by atoms with E-state index in [0.717, 1.165) is 18.7 Å². The van der Waals surface area contributed by atoms with Gasteiger partial charge in [-0.15, -0.1) is 0 Å². The first-order valence-corrected chi connectivity index (χ1v) is 6.56. The van der Waals surface area contributed by atoms with Gasteiger partial charge in [0.15, 0.2) is 0 Å². The molecular weight excluding hydrogens is 210 g/mol. The quantitative estimate of drug-likeness (QED) is 0.763. The molecule has 17 heavy (non-hydrogen) atoms. The van der Waals surface area contributed by atoms with Crippen LogP contribution >= 0.6 is 0 Å². The zero-order valence-electron chi connectivity index (χ0n) is 11.0. The van der Waals surface area contributed by atoms with Crippen LogP contribution in [0, 0.1) is 5.41 Å². The molecule has 1 aliphatic rings. The molecule has 0 aliphatic heterocycles. The highest BCUT2D eigenvalue weighted by Gasteiger charge is 2.30. The lowest BCUT2D eigenvalue weighted by molar-refractivity contribution is 0.157. The van der Waals surface area contributed by atoms with E-state index in [-0.39, 0.29) is 0 Å². The van der Waals surface area contributed by atoms with Gasteiger partial charge in [0.05, 0.1) is 7.11 Å². The Bertz CT molecular complexity index is 340. The second-order valence-corrected chi connectivity index (χ2v) is 5.44. The zero-order chi connectivity index (χ0) is 12.1. The van der Waals surface area contributed by atoms with Crippen molar-refractivity contribution in [3.8, 4) is 5.75 Å². The van der Waals surface area contributed by atoms with Crippen molar-refractivity contribution in [3.63, 3.8) is 0 Å². The summed E-state index contributed by atoms with van der Waals surface area (Å²) in [5.41, 5.74) is 1.96. The average molecular weight is 233 g/mol. The van der Waals surface area contributed by atoms with Gasteiger partial charge in [-0.05, 0) is 48.9 Å². The molecule has 1 aromatic rings. The van der Waals surface area contributed by atoms with E-state index in [1.54, 1.807) is 7.11 Å². The maximum Gasteiger partial charge on any atom is 0.118 e. The number of ether oxygens (including phenoxy) is 1. The van der Waals surface area contributed by atoms with Crippen molar-refractivity contribution in [3.05, 3.63) is 29.8 Å². The van der Waals surface area contributed by atoms with E-state index < -0.39 is 0 Å². The normalized spacial score (nSPS) is 17.5. The Labute approximate surface area is 104 Å². The summed E-state index contributed by atoms with van der Waals surface area (Å²) in [5.74, 6) is 0.934. The smallest absolute Gasteiger partial charge is 0.118 e. The number of rotatable bonds is 6. The lowest BCUT2D eigenvalue weighted by Crippen LogP contribution is -2.37. The van der Waals surface area contributed by atoms with Crippen molar-refractivity contribution in [1.29, 1.82) is 0 Å². The molecule has 1 aliphatic carbocycles. The van der Waals surface area contributed by atoms with E-state index in [1.807, 2.05) is 12.1 Å². The van der Waals surface area contributed by atoms with Crippen LogP contribution in [0.15, 0.2) is 24.3 Å². The predicted octanol–water partition coefficient (Wildman–Crippen LogP) is 3.02. The van der Waals surface area contributed by atoms with Gasteiger partial charge in [0.25, 0.3) is 0 Å². The third-order valence-corrected chi connectivity index (χ3v) is 3.86. The maximum atomic E-state index is 5.15. The summed E-state index contributed by atoms with van der Waals surface area (Å²) < 4.78 is 5.15. The molecule has 0 saturated heterocycles. The second kappa shape index (κ2) is 5.54. The third-order valence-electron chi connectivity index (χ3n) is 3.86. The van der Waals surface area contributed by atoms with Gasteiger partial charge in [-0.2, -0.15) is 0 Å². The van der Waals surface area contributed by atoms with Gasteiger partial charge in [0, 0.05) is 6.54 Å². The molecule has 0 spiro atoms. The van der Waals surface area contributed by atoms with Crippen molar-refractivity contribution in [2.75, 3.05) is 20.2 Å². The van der Waals surface area contributed by atoms with Crippen LogP contribution in [0.2, 0.25) is 0 Å². The Morgan fingerprint density at radius 3 is 2.47 bits per heavy atom. The highest BCUT2D eigenvalue weighted by molar-refractivity contribution is 5.27. The van der Waals surface area contributed by atoms with Gasteiger partial charge >= 0.3 is 0 Å². The molecule has 94 valence electrons. The molecule has 0 aromatic heterocycles. The van der Waals surface area contributed by atoms with Gasteiger partial charge in [-0.25, -0.2) is 0 Å². The number of methoxy groups -OCH3 is 1. The summed E-state index contributed by atoms with van der Waals surface area (Å²) in [5, 5.41) is 3.57. The van der Waals surface area contributed by atoms with Crippen LogP contribution in [-0.2, 0) is 6.42 Å². The number of hydrogen-bond donors (Lipinski definition) is 1. The Balaban J connectivity index is 1.67. The van der Waals surface area contributed by atoms with Crippen LogP contribution in [0.1, 0.15) is 31.7 Å². The van der Waals surface area contributed by atoms with Gasteiger partial charge in [0.1, 0.15) is 5.75 Å². The monoisotopic (exact) mass is 233 g/mol. The molecule has 0 unspecified atom stereocenters. The minimum atomic E-state index is 0.583. The third kappa shape index (κ3) is 3.47. The minimum Gasteiger partial charge on any atom is -0.497 e. The van der Waals surface area contributed by atoms with Gasteiger partial charge in [-0.1, -0.05) is 25.5 Å². The van der Waals surface area contributed by atoms with Crippen LogP contribution in [0.5, 0.6) is 5.75 Å². The van der Waals surface area contributed by atoms with Crippen molar-refractivity contribution < 1.29 is 4.74 Å². The van der Waals surface area contributed by atoms with Crippen LogP contribution in [0.3, 0.4) is 0 Å². The number of benzene rings is 1. The van der Waals surface area contributed by atoms with Crippen LogP contribution in [0.25, 0.3) is 0 Å².